The van der Waals surface area contributed by atoms with E-state index in [2.05, 4.69) is 13.0 Å². The highest BCUT2D eigenvalue weighted by Crippen LogP contribution is 2.51. The molecule has 1 aromatic rings. The molecule has 0 aliphatic heterocycles. The maximum atomic E-state index is 11.0. The number of rotatable bonds is 5. The number of hydrogen-bond donors (Lipinski definition) is 0. The van der Waals surface area contributed by atoms with E-state index >= 15 is 0 Å². The molecular weight excluding hydrogens is 204 g/mol. The highest BCUT2D eigenvalue weighted by atomic mass is 32.2. The first kappa shape index (κ1) is 10.7. The summed E-state index contributed by atoms with van der Waals surface area (Å²) in [4.78, 5) is 11.0. The van der Waals surface area contributed by atoms with Crippen molar-refractivity contribution in [3.05, 3.63) is 35.4 Å². The summed E-state index contributed by atoms with van der Waals surface area (Å²) in [6.07, 6.45) is 3.47. The monoisotopic (exact) mass is 220 g/mol. The summed E-state index contributed by atoms with van der Waals surface area (Å²) in [7, 11) is 0. The molecule has 1 fully saturated rings. The van der Waals surface area contributed by atoms with Crippen LogP contribution in [0.5, 0.6) is 0 Å². The topological polar surface area (TPSA) is 17.1 Å². The molecule has 1 aromatic carbocycles. The molecule has 0 aromatic heterocycles. The molecule has 0 spiro atoms. The molecule has 0 saturated heterocycles. The van der Waals surface area contributed by atoms with Gasteiger partial charge in [-0.2, -0.15) is 11.8 Å². The van der Waals surface area contributed by atoms with Crippen LogP contribution in [-0.4, -0.2) is 17.8 Å². The summed E-state index contributed by atoms with van der Waals surface area (Å²) < 4.78 is 0. The number of aldehydes is 1. The van der Waals surface area contributed by atoms with Crippen molar-refractivity contribution >= 4 is 18.0 Å². The van der Waals surface area contributed by atoms with E-state index < -0.39 is 0 Å². The van der Waals surface area contributed by atoms with Crippen LogP contribution in [0.15, 0.2) is 24.3 Å². The molecule has 1 aliphatic carbocycles. The largest absolute Gasteiger partial charge is 0.298 e. The predicted octanol–water partition coefficient (Wildman–Crippen LogP) is 3.28. The zero-order chi connectivity index (χ0) is 10.7. The van der Waals surface area contributed by atoms with E-state index in [-0.39, 0.29) is 0 Å². The summed E-state index contributed by atoms with van der Waals surface area (Å²) in [6, 6.07) is 8.03. The van der Waals surface area contributed by atoms with Gasteiger partial charge in [-0.3, -0.25) is 4.79 Å². The van der Waals surface area contributed by atoms with Gasteiger partial charge in [-0.05, 0) is 24.2 Å². The minimum Gasteiger partial charge on any atom is -0.298 e. The van der Waals surface area contributed by atoms with Crippen molar-refractivity contribution in [2.75, 3.05) is 11.5 Å². The zero-order valence-electron chi connectivity index (χ0n) is 9.03. The molecule has 2 heteroatoms. The average Bonchev–Trinajstić information content (AvgIpc) is 3.07. The van der Waals surface area contributed by atoms with Gasteiger partial charge in [-0.15, -0.1) is 0 Å². The van der Waals surface area contributed by atoms with E-state index in [4.69, 9.17) is 0 Å². The maximum Gasteiger partial charge on any atom is 0.150 e. The van der Waals surface area contributed by atoms with Gasteiger partial charge in [0.2, 0.25) is 0 Å². The van der Waals surface area contributed by atoms with Crippen LogP contribution in [0.1, 0.15) is 35.7 Å². The van der Waals surface area contributed by atoms with Gasteiger partial charge in [0, 0.05) is 16.7 Å². The van der Waals surface area contributed by atoms with Gasteiger partial charge >= 0.3 is 0 Å². The molecule has 80 valence electrons. The number of benzene rings is 1. The van der Waals surface area contributed by atoms with Crippen molar-refractivity contribution in [3.8, 4) is 0 Å². The van der Waals surface area contributed by atoms with Gasteiger partial charge < -0.3 is 0 Å². The van der Waals surface area contributed by atoms with Crippen LogP contribution in [0.3, 0.4) is 0 Å². The molecule has 1 nitrogen and oxygen atoms in total. The Balaban J connectivity index is 2.24. The Morgan fingerprint density at radius 2 is 2.13 bits per heavy atom. The van der Waals surface area contributed by atoms with Gasteiger partial charge in [-0.1, -0.05) is 31.2 Å². The van der Waals surface area contributed by atoms with Crippen molar-refractivity contribution in [2.45, 2.75) is 25.2 Å². The molecule has 0 unspecified atom stereocenters. The third-order valence-electron chi connectivity index (χ3n) is 3.10. The van der Waals surface area contributed by atoms with Gasteiger partial charge in [-0.25, -0.2) is 0 Å². The van der Waals surface area contributed by atoms with Crippen LogP contribution in [0.4, 0.5) is 0 Å². The predicted molar refractivity (Wildman–Crippen MR) is 65.7 cm³/mol. The summed E-state index contributed by atoms with van der Waals surface area (Å²) in [6.45, 7) is 2.19. The molecule has 1 saturated carbocycles. The molecule has 0 radical (unpaired) electrons. The fourth-order valence-corrected chi connectivity index (χ4v) is 3.06. The Labute approximate surface area is 95.3 Å². The maximum absolute atomic E-state index is 11.0. The third-order valence-corrected chi connectivity index (χ3v) is 4.26. The standard InChI is InChI=1S/C13H16OS/c1-2-15-10-13(7-8-13)12-6-4-3-5-11(12)9-14/h3-6,9H,2,7-8,10H2,1H3. The Bertz CT molecular complexity index is 355. The fraction of sp³-hybridized carbons (Fsp3) is 0.462. The Hall–Kier alpha value is -0.760. The average molecular weight is 220 g/mol. The number of carbonyl (C=O) groups excluding carboxylic acids is 1. The quantitative estimate of drug-likeness (QED) is 0.708. The second kappa shape index (κ2) is 4.40. The van der Waals surface area contributed by atoms with Gasteiger partial charge in [0.25, 0.3) is 0 Å². The first-order valence-corrected chi connectivity index (χ1v) is 6.60. The zero-order valence-corrected chi connectivity index (χ0v) is 9.85. The van der Waals surface area contributed by atoms with Crippen LogP contribution >= 0.6 is 11.8 Å². The molecule has 2 rings (SSSR count). The third kappa shape index (κ3) is 2.10. The van der Waals surface area contributed by atoms with E-state index in [9.17, 15) is 4.79 Å². The van der Waals surface area contributed by atoms with Crippen molar-refractivity contribution in [3.63, 3.8) is 0 Å². The molecule has 15 heavy (non-hydrogen) atoms. The number of thioether (sulfide) groups is 1. The van der Waals surface area contributed by atoms with Crippen molar-refractivity contribution in [2.24, 2.45) is 0 Å². The minimum atomic E-state index is 0.318. The van der Waals surface area contributed by atoms with E-state index in [0.717, 1.165) is 23.4 Å². The van der Waals surface area contributed by atoms with Gasteiger partial charge in [0.15, 0.2) is 0 Å². The molecule has 0 bridgehead atoms. The van der Waals surface area contributed by atoms with Crippen molar-refractivity contribution in [1.82, 2.24) is 0 Å². The second-order valence-electron chi connectivity index (χ2n) is 4.12. The van der Waals surface area contributed by atoms with Crippen molar-refractivity contribution < 1.29 is 4.79 Å². The SMILES string of the molecule is CCSCC1(c2ccccc2C=O)CC1. The highest BCUT2D eigenvalue weighted by Gasteiger charge is 2.44. The Morgan fingerprint density at radius 3 is 2.73 bits per heavy atom. The molecule has 0 amide bonds. The van der Waals surface area contributed by atoms with Crippen LogP contribution < -0.4 is 0 Å². The molecule has 1 aliphatic rings. The summed E-state index contributed by atoms with van der Waals surface area (Å²) in [5.41, 5.74) is 2.46. The van der Waals surface area contributed by atoms with Gasteiger partial charge in [0.05, 0.1) is 0 Å². The molecule has 0 atom stereocenters. The molecular formula is C13H16OS. The van der Waals surface area contributed by atoms with E-state index in [0.29, 0.717) is 5.41 Å². The lowest BCUT2D eigenvalue weighted by atomic mass is 9.93. The number of carbonyl (C=O) groups is 1. The summed E-state index contributed by atoms with van der Waals surface area (Å²) in [5.74, 6) is 2.32. The fourth-order valence-electron chi connectivity index (χ4n) is 2.02. The van der Waals surface area contributed by atoms with Crippen LogP contribution in [0.2, 0.25) is 0 Å². The molecule has 0 heterocycles. The smallest absolute Gasteiger partial charge is 0.150 e. The number of hydrogen-bond acceptors (Lipinski definition) is 2. The minimum absolute atomic E-state index is 0.318. The lowest BCUT2D eigenvalue weighted by Crippen LogP contribution is -2.12. The Kier molecular flexibility index (Phi) is 3.15. The first-order valence-electron chi connectivity index (χ1n) is 5.45. The van der Waals surface area contributed by atoms with E-state index in [1.165, 1.54) is 18.4 Å². The van der Waals surface area contributed by atoms with E-state index in [1.807, 2.05) is 30.0 Å². The van der Waals surface area contributed by atoms with Crippen LogP contribution in [0, 0.1) is 0 Å². The molecule has 0 N–H and O–H groups in total. The lowest BCUT2D eigenvalue weighted by Gasteiger charge is -2.16. The Morgan fingerprint density at radius 1 is 1.40 bits per heavy atom. The normalized spacial score (nSPS) is 17.4. The lowest BCUT2D eigenvalue weighted by molar-refractivity contribution is 0.112. The highest BCUT2D eigenvalue weighted by molar-refractivity contribution is 7.99. The first-order chi connectivity index (χ1) is 7.32. The van der Waals surface area contributed by atoms with Gasteiger partial charge in [0.1, 0.15) is 6.29 Å². The van der Waals surface area contributed by atoms with Crippen molar-refractivity contribution in [1.29, 1.82) is 0 Å². The summed E-state index contributed by atoms with van der Waals surface area (Å²) >= 11 is 1.98. The van der Waals surface area contributed by atoms with Crippen LogP contribution in [0.25, 0.3) is 0 Å². The summed E-state index contributed by atoms with van der Waals surface area (Å²) in [5, 5.41) is 0. The second-order valence-corrected chi connectivity index (χ2v) is 5.40. The van der Waals surface area contributed by atoms with Crippen LogP contribution in [-0.2, 0) is 5.41 Å². The van der Waals surface area contributed by atoms with E-state index in [1.54, 1.807) is 0 Å².